The molecule has 1 aromatic carbocycles. The summed E-state index contributed by atoms with van der Waals surface area (Å²) in [4.78, 5) is 5.03. The highest BCUT2D eigenvalue weighted by Gasteiger charge is 2.33. The van der Waals surface area contributed by atoms with Crippen molar-refractivity contribution in [2.24, 2.45) is 5.92 Å². The minimum Gasteiger partial charge on any atom is -0.317 e. The molecule has 0 bridgehead atoms. The lowest BCUT2D eigenvalue weighted by Crippen LogP contribution is -2.50. The Bertz CT molecular complexity index is 640. The highest BCUT2D eigenvalue weighted by molar-refractivity contribution is 5.73. The Labute approximate surface area is 144 Å². The van der Waals surface area contributed by atoms with Crippen molar-refractivity contribution in [3.8, 4) is 0 Å². The van der Waals surface area contributed by atoms with E-state index < -0.39 is 0 Å². The van der Waals surface area contributed by atoms with Crippen LogP contribution in [0.15, 0.2) is 24.3 Å². The van der Waals surface area contributed by atoms with Crippen LogP contribution in [-0.2, 0) is 0 Å². The lowest BCUT2D eigenvalue weighted by molar-refractivity contribution is 0.0232. The predicted molar refractivity (Wildman–Crippen MR) is 98.0 cm³/mol. The standard InChI is InChI=1S/C17H26N6.CH4/c1-21-10-12-22(13-11-21)17(14-6-8-18-9-7-14)23-16-5-3-2-4-15(16)19-20-23;/h2-5,14,17-18H,6-13H2,1H3;1H4. The first kappa shape index (κ1) is 17.3. The molecule has 6 nitrogen and oxygen atoms in total. The van der Waals surface area contributed by atoms with Gasteiger partial charge in [0.25, 0.3) is 0 Å². The average Bonchev–Trinajstić information content (AvgIpc) is 3.02. The van der Waals surface area contributed by atoms with Gasteiger partial charge in [-0.3, -0.25) is 4.90 Å². The first-order chi connectivity index (χ1) is 11.3. The Hall–Kier alpha value is -1.50. The van der Waals surface area contributed by atoms with Gasteiger partial charge in [0, 0.05) is 26.2 Å². The molecule has 1 atom stereocenters. The summed E-state index contributed by atoms with van der Waals surface area (Å²) >= 11 is 0. The minimum absolute atomic E-state index is 0. The summed E-state index contributed by atoms with van der Waals surface area (Å²) in [7, 11) is 2.21. The van der Waals surface area contributed by atoms with E-state index in [1.165, 1.54) is 12.8 Å². The van der Waals surface area contributed by atoms with Crippen molar-refractivity contribution in [3.63, 3.8) is 0 Å². The van der Waals surface area contributed by atoms with Crippen molar-refractivity contribution < 1.29 is 0 Å². The van der Waals surface area contributed by atoms with Crippen LogP contribution in [-0.4, -0.2) is 71.1 Å². The van der Waals surface area contributed by atoms with Gasteiger partial charge in [0.1, 0.15) is 11.7 Å². The van der Waals surface area contributed by atoms with E-state index in [2.05, 4.69) is 55.4 Å². The molecule has 0 spiro atoms. The fraction of sp³-hybridized carbons (Fsp3) is 0.667. The monoisotopic (exact) mass is 330 g/mol. The smallest absolute Gasteiger partial charge is 0.113 e. The molecule has 2 aromatic rings. The summed E-state index contributed by atoms with van der Waals surface area (Å²) in [5.41, 5.74) is 2.16. The Morgan fingerprint density at radius 3 is 2.54 bits per heavy atom. The molecule has 6 heteroatoms. The summed E-state index contributed by atoms with van der Waals surface area (Å²) in [5, 5.41) is 12.5. The Morgan fingerprint density at radius 2 is 1.79 bits per heavy atom. The molecule has 2 fully saturated rings. The summed E-state index contributed by atoms with van der Waals surface area (Å²) in [5.74, 6) is 0.643. The highest BCUT2D eigenvalue weighted by atomic mass is 15.5. The van der Waals surface area contributed by atoms with Crippen LogP contribution in [0, 0.1) is 5.92 Å². The maximum absolute atomic E-state index is 4.56. The number of piperidine rings is 1. The summed E-state index contributed by atoms with van der Waals surface area (Å²) in [6, 6.07) is 8.34. The first-order valence-corrected chi connectivity index (χ1v) is 8.76. The second kappa shape index (κ2) is 7.59. The van der Waals surface area contributed by atoms with Crippen LogP contribution in [0.25, 0.3) is 11.0 Å². The van der Waals surface area contributed by atoms with Crippen molar-refractivity contribution in [1.29, 1.82) is 0 Å². The van der Waals surface area contributed by atoms with Crippen LogP contribution >= 0.6 is 0 Å². The second-order valence-electron chi connectivity index (χ2n) is 6.86. The maximum Gasteiger partial charge on any atom is 0.113 e. The van der Waals surface area contributed by atoms with Gasteiger partial charge < -0.3 is 10.2 Å². The topological polar surface area (TPSA) is 49.2 Å². The predicted octanol–water partition coefficient (Wildman–Crippen LogP) is 1.81. The van der Waals surface area contributed by atoms with Gasteiger partial charge in [0.15, 0.2) is 0 Å². The Balaban J connectivity index is 0.00000169. The van der Waals surface area contributed by atoms with Gasteiger partial charge in [0.05, 0.1) is 5.52 Å². The summed E-state index contributed by atoms with van der Waals surface area (Å²) in [6.07, 6.45) is 2.76. The van der Waals surface area contributed by atoms with Gasteiger partial charge in [-0.05, 0) is 51.0 Å². The quantitative estimate of drug-likeness (QED) is 0.930. The molecule has 0 amide bonds. The van der Waals surface area contributed by atoms with Gasteiger partial charge >= 0.3 is 0 Å². The summed E-state index contributed by atoms with van der Waals surface area (Å²) < 4.78 is 2.19. The number of para-hydroxylation sites is 1. The Kier molecular flexibility index (Phi) is 5.48. The molecule has 2 aliphatic heterocycles. The third kappa shape index (κ3) is 3.31. The van der Waals surface area contributed by atoms with Crippen LogP contribution in [0.2, 0.25) is 0 Å². The number of likely N-dealkylation sites (N-methyl/N-ethyl adjacent to an activating group) is 1. The molecule has 24 heavy (non-hydrogen) atoms. The van der Waals surface area contributed by atoms with E-state index in [0.29, 0.717) is 12.1 Å². The molecule has 1 aromatic heterocycles. The number of fused-ring (bicyclic) bond motifs is 1. The van der Waals surface area contributed by atoms with E-state index in [0.717, 1.165) is 50.3 Å². The van der Waals surface area contributed by atoms with E-state index in [9.17, 15) is 0 Å². The van der Waals surface area contributed by atoms with Gasteiger partial charge in [-0.2, -0.15) is 0 Å². The molecule has 2 aliphatic rings. The average molecular weight is 330 g/mol. The number of nitrogens with zero attached hydrogens (tertiary/aromatic N) is 5. The SMILES string of the molecule is C.CN1CCN(C(C2CCNCC2)n2nnc3ccccc32)CC1. The molecule has 0 saturated carbocycles. The van der Waals surface area contributed by atoms with Crippen LogP contribution in [0.1, 0.15) is 26.4 Å². The van der Waals surface area contributed by atoms with Crippen molar-refractivity contribution in [2.45, 2.75) is 26.4 Å². The van der Waals surface area contributed by atoms with Crippen LogP contribution in [0.3, 0.4) is 0 Å². The number of piperazine rings is 1. The van der Waals surface area contributed by atoms with E-state index in [1.54, 1.807) is 0 Å². The molecule has 132 valence electrons. The lowest BCUT2D eigenvalue weighted by Gasteiger charge is -2.42. The van der Waals surface area contributed by atoms with E-state index in [1.807, 2.05) is 6.07 Å². The van der Waals surface area contributed by atoms with E-state index in [-0.39, 0.29) is 7.43 Å². The number of hydrogen-bond acceptors (Lipinski definition) is 5. The van der Waals surface area contributed by atoms with Crippen molar-refractivity contribution in [2.75, 3.05) is 46.3 Å². The van der Waals surface area contributed by atoms with Crippen LogP contribution < -0.4 is 5.32 Å². The third-order valence-electron chi connectivity index (χ3n) is 5.35. The Morgan fingerprint density at radius 1 is 1.08 bits per heavy atom. The number of nitrogens with one attached hydrogen (secondary N) is 1. The largest absolute Gasteiger partial charge is 0.317 e. The van der Waals surface area contributed by atoms with Crippen LogP contribution in [0.4, 0.5) is 0 Å². The van der Waals surface area contributed by atoms with Gasteiger partial charge in [-0.25, -0.2) is 4.68 Å². The van der Waals surface area contributed by atoms with Crippen molar-refractivity contribution in [1.82, 2.24) is 30.1 Å². The second-order valence-corrected chi connectivity index (χ2v) is 6.86. The van der Waals surface area contributed by atoms with Gasteiger partial charge in [-0.1, -0.05) is 24.8 Å². The van der Waals surface area contributed by atoms with Crippen molar-refractivity contribution >= 4 is 11.0 Å². The number of benzene rings is 1. The van der Waals surface area contributed by atoms with Crippen LogP contribution in [0.5, 0.6) is 0 Å². The van der Waals surface area contributed by atoms with Gasteiger partial charge in [0.2, 0.25) is 0 Å². The lowest BCUT2D eigenvalue weighted by atomic mass is 9.93. The molecule has 3 heterocycles. The normalized spacial score (nSPS) is 22.4. The van der Waals surface area contributed by atoms with E-state index >= 15 is 0 Å². The zero-order valence-corrected chi connectivity index (χ0v) is 13.9. The van der Waals surface area contributed by atoms with E-state index in [4.69, 9.17) is 0 Å². The zero-order valence-electron chi connectivity index (χ0n) is 13.9. The number of aromatic nitrogens is 3. The number of hydrogen-bond donors (Lipinski definition) is 1. The molecule has 1 unspecified atom stereocenters. The summed E-state index contributed by atoms with van der Waals surface area (Å²) in [6.45, 7) is 6.71. The third-order valence-corrected chi connectivity index (χ3v) is 5.35. The minimum atomic E-state index is 0. The van der Waals surface area contributed by atoms with Gasteiger partial charge in [-0.15, -0.1) is 5.10 Å². The molecule has 2 saturated heterocycles. The molecular weight excluding hydrogens is 300 g/mol. The molecular formula is C18H30N6. The molecule has 4 rings (SSSR count). The van der Waals surface area contributed by atoms with Crippen molar-refractivity contribution in [3.05, 3.63) is 24.3 Å². The molecule has 1 N–H and O–H groups in total. The fourth-order valence-corrected chi connectivity index (χ4v) is 3.96. The first-order valence-electron chi connectivity index (χ1n) is 8.76. The maximum atomic E-state index is 4.56. The molecule has 0 radical (unpaired) electrons. The fourth-order valence-electron chi connectivity index (χ4n) is 3.96. The number of rotatable bonds is 3. The zero-order chi connectivity index (χ0) is 15.6. The highest BCUT2D eigenvalue weighted by Crippen LogP contribution is 2.32. The molecule has 0 aliphatic carbocycles.